The minimum absolute atomic E-state index is 0.000322. The minimum Gasteiger partial charge on any atom is -0.508 e. The Bertz CT molecular complexity index is 5150. The number of pyridine rings is 1. The average molecular weight is 1880 g/mol. The number of aromatic nitrogens is 3. The zero-order valence-electron chi connectivity index (χ0n) is 77.5. The number of hydrogen-bond acceptors (Lipinski definition) is 22. The number of aliphatic hydroxyl groups is 1. The smallest absolute Gasteiger partial charge is 0.246 e. The molecular weight excluding hydrogens is 1750 g/mol. The van der Waals surface area contributed by atoms with Crippen molar-refractivity contribution >= 4 is 134 Å². The topological polar surface area (TPSA) is 576 Å². The Hall–Kier alpha value is -13.1. The van der Waals surface area contributed by atoms with E-state index in [1.54, 1.807) is 94.8 Å². The normalized spacial score (nSPS) is 24.4. The highest BCUT2D eigenvalue weighted by molar-refractivity contribution is 8.00. The minimum atomic E-state index is -1.76. The molecule has 0 bridgehead atoms. The number of carbonyl (C=O) groups is 17. The number of likely N-dealkylation sites (N-methyl/N-ethyl adjacent to an activating group) is 3. The number of H-pyrrole nitrogens is 2. The highest BCUT2D eigenvalue weighted by Gasteiger charge is 2.46. The number of thioether (sulfide) groups is 1. The standard InChI is InChI=1S/C93H129N21O19S/c1-11-13-26-73-86(126)104-65(35-52(3)4)84(124)109-72(83(123)100-47-78(118)99-44-56-21-19-33-96-43-56)50-134-51-80(120)103-68(37-55-29-31-59(115)32-30-55)89(129)110(8)54(7)81(121)106-70(41-77(95)117)91(131)113-34-20-28-74(113)87(127)108-71(42-94)85(125)107-67(36-53(5)6)92(132)114-49-60(116)40-76(114)88(128)105-66(38-57-45-97-63-24-17-15-22-61(57)63)82(122)101-48-79(119)102-69(39-58-46-98-64-25-18-16-23-62(58)64)90(130)112(10)75(27-14-12-2)93(133)111(73)9/h15-19,21-25,29-33,43,45-46,52-54,60,65-76,97-98,115-116H,11-14,20,26-28,34-42,44,47-51,94H2,1-10H3,(H2,95,117)(H,99,118)(H,100,123)(H,101,122)(H,102,119)(H,103,120)(H,104,126)(H,105,128)(H,106,121)(H,107,125)(H,108,127)(H,109,124)/t54-,60+,65-,66-,67-,68-,69?,70-,71-,72-,73-,74-,75-,76-/m0/s1. The van der Waals surface area contributed by atoms with Gasteiger partial charge in [0.2, 0.25) is 100 Å². The van der Waals surface area contributed by atoms with Gasteiger partial charge >= 0.3 is 0 Å². The number of nitrogens with one attached hydrogen (secondary N) is 13. The molecule has 726 valence electrons. The number of nitrogens with two attached hydrogens (primary N) is 2. The molecule has 9 rings (SSSR count). The number of carbonyl (C=O) groups excluding carboxylic acids is 17. The van der Waals surface area contributed by atoms with Gasteiger partial charge in [-0.3, -0.25) is 86.5 Å². The quantitative estimate of drug-likeness (QED) is 0.0370. The number of aromatic amines is 2. The van der Waals surface area contributed by atoms with Crippen LogP contribution in [0.4, 0.5) is 0 Å². The number of nitrogens with zero attached hydrogens (tertiary/aromatic N) is 6. The maximum absolute atomic E-state index is 15.6. The molecule has 134 heavy (non-hydrogen) atoms. The van der Waals surface area contributed by atoms with Crippen LogP contribution in [0.15, 0.2) is 110 Å². The van der Waals surface area contributed by atoms with Crippen LogP contribution in [0.3, 0.4) is 0 Å². The molecule has 14 atom stereocenters. The van der Waals surface area contributed by atoms with Gasteiger partial charge in [0.15, 0.2) is 0 Å². The fourth-order valence-corrected chi connectivity index (χ4v) is 17.5. The van der Waals surface area contributed by atoms with Crippen LogP contribution < -0.4 is 70.0 Å². The van der Waals surface area contributed by atoms with E-state index < -0.39 is 223 Å². The molecule has 41 heteroatoms. The van der Waals surface area contributed by atoms with Crippen molar-refractivity contribution in [2.45, 2.75) is 236 Å². The van der Waals surface area contributed by atoms with Gasteiger partial charge in [-0.1, -0.05) is 122 Å². The lowest BCUT2D eigenvalue weighted by molar-refractivity contribution is -0.149. The number of rotatable bonds is 24. The van der Waals surface area contributed by atoms with Gasteiger partial charge in [-0.2, -0.15) is 0 Å². The van der Waals surface area contributed by atoms with Crippen LogP contribution in [0, 0.1) is 11.8 Å². The van der Waals surface area contributed by atoms with Crippen molar-refractivity contribution in [3.63, 3.8) is 0 Å². The van der Waals surface area contributed by atoms with Crippen LogP contribution >= 0.6 is 11.8 Å². The average Bonchev–Trinajstić information content (AvgIpc) is 1.57. The number of hydrogen-bond donors (Lipinski definition) is 17. The maximum Gasteiger partial charge on any atom is 0.246 e. The highest BCUT2D eigenvalue weighted by Crippen LogP contribution is 2.28. The van der Waals surface area contributed by atoms with E-state index in [9.17, 15) is 63.0 Å². The second-order valence-electron chi connectivity index (χ2n) is 35.3. The summed E-state index contributed by atoms with van der Waals surface area (Å²) >= 11 is 0.821. The molecule has 1 unspecified atom stereocenters. The molecule has 0 radical (unpaired) electrons. The Morgan fingerprint density at radius 1 is 0.552 bits per heavy atom. The first-order valence-corrected chi connectivity index (χ1v) is 46.7. The Balaban J connectivity index is 1.07. The van der Waals surface area contributed by atoms with Crippen LogP contribution in [0.5, 0.6) is 5.75 Å². The first kappa shape index (κ1) is 105. The van der Waals surface area contributed by atoms with Gasteiger partial charge in [-0.25, -0.2) is 0 Å². The third kappa shape index (κ3) is 29.2. The molecule has 3 saturated heterocycles. The van der Waals surface area contributed by atoms with E-state index >= 15 is 28.8 Å². The van der Waals surface area contributed by atoms with Crippen molar-refractivity contribution in [2.75, 3.05) is 65.4 Å². The largest absolute Gasteiger partial charge is 0.508 e. The van der Waals surface area contributed by atoms with Crippen molar-refractivity contribution in [2.24, 2.45) is 23.3 Å². The third-order valence-corrected chi connectivity index (χ3v) is 25.2. The number of unbranched alkanes of at least 4 members (excludes halogenated alkanes) is 2. The van der Waals surface area contributed by atoms with Crippen molar-refractivity contribution < 1.29 is 91.7 Å². The van der Waals surface area contributed by atoms with Gasteiger partial charge in [0.05, 0.1) is 31.4 Å². The molecule has 3 aliphatic heterocycles. The number of aliphatic hydroxyl groups excluding tert-OH is 1. The number of aromatic hydroxyl groups is 1. The maximum atomic E-state index is 15.6. The second kappa shape index (κ2) is 50.2. The number of amides is 17. The summed E-state index contributed by atoms with van der Waals surface area (Å²) in [5.74, 6) is -16.4. The van der Waals surface area contributed by atoms with Gasteiger partial charge in [-0.15, -0.1) is 11.8 Å². The number of fused-ring (bicyclic) bond motifs is 4. The molecule has 19 N–H and O–H groups in total. The number of para-hydroxylation sites is 2. The van der Waals surface area contributed by atoms with E-state index in [2.05, 4.69) is 73.4 Å². The Morgan fingerprint density at radius 3 is 1.72 bits per heavy atom. The second-order valence-corrected chi connectivity index (χ2v) is 36.3. The van der Waals surface area contributed by atoms with E-state index in [0.29, 0.717) is 69.7 Å². The predicted molar refractivity (Wildman–Crippen MR) is 498 cm³/mol. The van der Waals surface area contributed by atoms with Crippen LogP contribution in [0.2, 0.25) is 0 Å². The fourth-order valence-electron chi connectivity index (χ4n) is 16.7. The van der Waals surface area contributed by atoms with E-state index in [-0.39, 0.29) is 101 Å². The molecule has 0 aliphatic carbocycles. The van der Waals surface area contributed by atoms with E-state index in [0.717, 1.165) is 26.5 Å². The summed E-state index contributed by atoms with van der Waals surface area (Å²) in [6, 6.07) is 4.25. The number of phenolic OH excluding ortho intramolecular Hbond substituents is 1. The van der Waals surface area contributed by atoms with Gasteiger partial charge in [0.1, 0.15) is 84.3 Å². The first-order chi connectivity index (χ1) is 63.9. The molecule has 3 fully saturated rings. The van der Waals surface area contributed by atoms with Gasteiger partial charge in [-0.05, 0) is 110 Å². The lowest BCUT2D eigenvalue weighted by atomic mass is 9.99. The van der Waals surface area contributed by atoms with Crippen molar-refractivity contribution in [1.29, 1.82) is 0 Å². The van der Waals surface area contributed by atoms with E-state index in [1.165, 1.54) is 68.3 Å². The van der Waals surface area contributed by atoms with Gasteiger partial charge in [0, 0.05) is 125 Å². The predicted octanol–water partition coefficient (Wildman–Crippen LogP) is -0.288. The van der Waals surface area contributed by atoms with Crippen LogP contribution in [-0.2, 0) is 107 Å². The molecule has 0 saturated carbocycles. The summed E-state index contributed by atoms with van der Waals surface area (Å²) < 4.78 is 0. The SMILES string of the molecule is CCCC[C@H]1C(=O)N(C)[C@@H](CCCC)C(=O)N[C@@H](CC(C)C)C(=O)N[C@H](C(=O)NCC(=O)NCc2cccnc2)CSCC(=O)N[C@@H](Cc2ccc(O)cc2)C(=O)N(C)[C@@H](C)C(=O)N[C@@H](CC(N)=O)C(=O)N2CCC[C@H]2C(=O)N[C@@H](CN)C(=O)N[C@@H](CC(C)C)C(=O)N2C[C@H](O)C[C@H]2C(=O)N[C@@H](Cc2c[nH]c3ccccc23)C(=O)NCC(=O)NC(Cc2c[nH]c3ccccc23)C(=O)N1C. The monoisotopic (exact) mass is 1880 g/mol. The lowest BCUT2D eigenvalue weighted by Gasteiger charge is -2.36. The molecule has 17 amide bonds. The Morgan fingerprint density at radius 2 is 1.10 bits per heavy atom. The van der Waals surface area contributed by atoms with Crippen LogP contribution in [0.25, 0.3) is 21.8 Å². The number of benzene rings is 3. The Labute approximate surface area is 782 Å². The number of primary amides is 1. The van der Waals surface area contributed by atoms with Gasteiger partial charge < -0.3 is 115 Å². The van der Waals surface area contributed by atoms with Crippen LogP contribution in [-0.4, -0.2) is 300 Å². The summed E-state index contributed by atoms with van der Waals surface area (Å²) in [5, 5.41) is 52.5. The van der Waals surface area contributed by atoms with Crippen molar-refractivity contribution in [3.8, 4) is 5.75 Å². The fraction of sp³-hybridized carbons (Fsp3) is 0.527. The van der Waals surface area contributed by atoms with E-state index in [1.807, 2.05) is 26.0 Å². The molecule has 3 aliphatic rings. The summed E-state index contributed by atoms with van der Waals surface area (Å²) in [6.45, 7) is 9.67. The summed E-state index contributed by atoms with van der Waals surface area (Å²) in [7, 11) is 4.04. The molecule has 6 heterocycles. The van der Waals surface area contributed by atoms with E-state index in [4.69, 9.17) is 11.5 Å². The van der Waals surface area contributed by atoms with Crippen LogP contribution in [0.1, 0.15) is 148 Å². The van der Waals surface area contributed by atoms with Gasteiger partial charge in [0.25, 0.3) is 0 Å². The molecule has 40 nitrogen and oxygen atoms in total. The summed E-state index contributed by atoms with van der Waals surface area (Å²) in [4.78, 5) is 266. The zero-order valence-corrected chi connectivity index (χ0v) is 78.3. The molecule has 3 aromatic carbocycles. The summed E-state index contributed by atoms with van der Waals surface area (Å²) in [6.07, 6.45) is 5.37. The highest BCUT2D eigenvalue weighted by atomic mass is 32.2. The third-order valence-electron chi connectivity index (χ3n) is 24.1. The number of phenols is 1. The van der Waals surface area contributed by atoms with Crippen molar-refractivity contribution in [3.05, 3.63) is 132 Å². The lowest BCUT2D eigenvalue weighted by Crippen LogP contribution is -2.61. The summed E-state index contributed by atoms with van der Waals surface area (Å²) in [5.41, 5.74) is 15.5. The molecular formula is C93H129N21O19S. The van der Waals surface area contributed by atoms with Crippen molar-refractivity contribution in [1.82, 2.24) is 97.9 Å². The zero-order chi connectivity index (χ0) is 97.7. The Kier molecular flexibility index (Phi) is 39.2. The molecule has 6 aromatic rings. The molecule has 3 aromatic heterocycles. The first-order valence-electron chi connectivity index (χ1n) is 45.5. The molecule has 0 spiro atoms.